The SMILES string of the molecule is CCOC(=O)C=C(N)[C@H]1O[C@H](COCc2ccccc2)[C@@H](OCc2ccccc2)[C@H](OCc2ccccc2)[C@@H]1OCc1ccccc1. The Morgan fingerprint density at radius 1 is 0.638 bits per heavy atom. The molecule has 1 fully saturated rings. The van der Waals surface area contributed by atoms with E-state index in [2.05, 4.69) is 0 Å². The summed E-state index contributed by atoms with van der Waals surface area (Å²) in [6.45, 7) is 3.42. The van der Waals surface area contributed by atoms with Crippen molar-refractivity contribution in [3.63, 3.8) is 0 Å². The Labute approximate surface area is 277 Å². The summed E-state index contributed by atoms with van der Waals surface area (Å²) in [5.41, 5.74) is 10.8. The molecule has 8 heteroatoms. The topological polar surface area (TPSA) is 98.5 Å². The van der Waals surface area contributed by atoms with Crippen molar-refractivity contribution >= 4 is 5.97 Å². The second-order valence-electron chi connectivity index (χ2n) is 11.3. The molecule has 1 aliphatic heterocycles. The van der Waals surface area contributed by atoms with Gasteiger partial charge in [0, 0.05) is 11.8 Å². The van der Waals surface area contributed by atoms with E-state index in [0.717, 1.165) is 22.3 Å². The average molecular weight is 638 g/mol. The zero-order chi connectivity index (χ0) is 32.7. The fourth-order valence-corrected chi connectivity index (χ4v) is 5.46. The molecule has 1 aliphatic rings. The summed E-state index contributed by atoms with van der Waals surface area (Å²) in [6.07, 6.45) is -2.21. The zero-order valence-electron chi connectivity index (χ0n) is 26.7. The first kappa shape index (κ1) is 34.0. The Hall–Kier alpha value is -4.31. The van der Waals surface area contributed by atoms with Crippen molar-refractivity contribution in [1.82, 2.24) is 0 Å². The third kappa shape index (κ3) is 10.3. The van der Waals surface area contributed by atoms with Crippen LogP contribution in [-0.4, -0.2) is 49.7 Å². The van der Waals surface area contributed by atoms with E-state index < -0.39 is 36.5 Å². The van der Waals surface area contributed by atoms with Gasteiger partial charge in [-0.25, -0.2) is 4.79 Å². The van der Waals surface area contributed by atoms with Crippen LogP contribution in [0.2, 0.25) is 0 Å². The molecule has 246 valence electrons. The number of carbonyl (C=O) groups excluding carboxylic acids is 1. The minimum absolute atomic E-state index is 0.171. The van der Waals surface area contributed by atoms with Gasteiger partial charge in [0.1, 0.15) is 30.5 Å². The second kappa shape index (κ2) is 18.1. The van der Waals surface area contributed by atoms with E-state index in [1.165, 1.54) is 6.08 Å². The van der Waals surface area contributed by atoms with Crippen molar-refractivity contribution in [1.29, 1.82) is 0 Å². The molecule has 4 aromatic rings. The molecule has 4 aromatic carbocycles. The van der Waals surface area contributed by atoms with Crippen LogP contribution in [0.15, 0.2) is 133 Å². The van der Waals surface area contributed by atoms with Crippen LogP contribution in [0.25, 0.3) is 0 Å². The summed E-state index contributed by atoms with van der Waals surface area (Å²) in [6, 6.07) is 39.6. The Kier molecular flexibility index (Phi) is 13.1. The highest BCUT2D eigenvalue weighted by molar-refractivity contribution is 5.82. The summed E-state index contributed by atoms with van der Waals surface area (Å²) >= 11 is 0. The van der Waals surface area contributed by atoms with Crippen molar-refractivity contribution in [2.24, 2.45) is 5.73 Å². The molecule has 0 aromatic heterocycles. The smallest absolute Gasteiger partial charge is 0.332 e. The summed E-state index contributed by atoms with van der Waals surface area (Å²) in [5.74, 6) is -0.559. The monoisotopic (exact) mass is 637 g/mol. The van der Waals surface area contributed by atoms with E-state index in [4.69, 9.17) is 34.2 Å². The van der Waals surface area contributed by atoms with Gasteiger partial charge in [0.2, 0.25) is 0 Å². The molecule has 0 bridgehead atoms. The van der Waals surface area contributed by atoms with Crippen LogP contribution in [0, 0.1) is 0 Å². The molecule has 2 N–H and O–H groups in total. The molecule has 1 heterocycles. The lowest BCUT2D eigenvalue weighted by molar-refractivity contribution is -0.265. The molecule has 0 unspecified atom stereocenters. The van der Waals surface area contributed by atoms with Crippen molar-refractivity contribution in [3.8, 4) is 0 Å². The normalized spacial score (nSPS) is 21.3. The van der Waals surface area contributed by atoms with Gasteiger partial charge in [0.25, 0.3) is 0 Å². The van der Waals surface area contributed by atoms with Gasteiger partial charge >= 0.3 is 5.97 Å². The van der Waals surface area contributed by atoms with Crippen LogP contribution < -0.4 is 5.73 Å². The number of hydrogen-bond acceptors (Lipinski definition) is 8. The number of nitrogens with two attached hydrogens (primary N) is 1. The lowest BCUT2D eigenvalue weighted by Gasteiger charge is -2.46. The summed E-state index contributed by atoms with van der Waals surface area (Å²) in [7, 11) is 0. The third-order valence-electron chi connectivity index (χ3n) is 7.78. The summed E-state index contributed by atoms with van der Waals surface area (Å²) < 4.78 is 38.1. The Bertz CT molecular complexity index is 1500. The van der Waals surface area contributed by atoms with E-state index in [1.54, 1.807) is 6.92 Å². The largest absolute Gasteiger partial charge is 0.463 e. The van der Waals surface area contributed by atoms with E-state index in [1.807, 2.05) is 121 Å². The Balaban J connectivity index is 1.48. The Morgan fingerprint density at radius 3 is 1.53 bits per heavy atom. The van der Waals surface area contributed by atoms with Crippen molar-refractivity contribution in [3.05, 3.63) is 155 Å². The fourth-order valence-electron chi connectivity index (χ4n) is 5.46. The van der Waals surface area contributed by atoms with Crippen LogP contribution in [0.3, 0.4) is 0 Å². The fraction of sp³-hybridized carbons (Fsp3) is 0.308. The highest BCUT2D eigenvalue weighted by Crippen LogP contribution is 2.33. The Morgan fingerprint density at radius 2 is 1.06 bits per heavy atom. The summed E-state index contributed by atoms with van der Waals surface area (Å²) in [5, 5.41) is 0. The molecular formula is C39H43NO7. The van der Waals surface area contributed by atoms with Gasteiger partial charge in [-0.05, 0) is 29.2 Å². The predicted molar refractivity (Wildman–Crippen MR) is 179 cm³/mol. The lowest BCUT2D eigenvalue weighted by atomic mass is 9.92. The molecular weight excluding hydrogens is 594 g/mol. The van der Waals surface area contributed by atoms with E-state index >= 15 is 0 Å². The molecule has 5 rings (SSSR count). The lowest BCUT2D eigenvalue weighted by Crippen LogP contribution is -2.62. The maximum absolute atomic E-state index is 12.6. The number of hydrogen-bond donors (Lipinski definition) is 1. The quantitative estimate of drug-likeness (QED) is 0.116. The van der Waals surface area contributed by atoms with Crippen molar-refractivity contribution in [2.75, 3.05) is 13.2 Å². The first-order valence-corrected chi connectivity index (χ1v) is 16.0. The van der Waals surface area contributed by atoms with Gasteiger partial charge in [0.15, 0.2) is 0 Å². The van der Waals surface area contributed by atoms with Gasteiger partial charge < -0.3 is 34.2 Å². The highest BCUT2D eigenvalue weighted by Gasteiger charge is 2.49. The van der Waals surface area contributed by atoms with Gasteiger partial charge in [-0.3, -0.25) is 0 Å². The third-order valence-corrected chi connectivity index (χ3v) is 7.78. The van der Waals surface area contributed by atoms with E-state index in [0.29, 0.717) is 19.8 Å². The number of benzene rings is 4. The van der Waals surface area contributed by atoms with Gasteiger partial charge in [-0.15, -0.1) is 0 Å². The number of esters is 1. The second-order valence-corrected chi connectivity index (χ2v) is 11.3. The standard InChI is InChI=1S/C39H43NO7/c1-2-43-35(41)23-33(40)36-38(45-26-31-19-11-5-12-20-31)39(46-27-32-21-13-6-14-22-32)37(44-25-30-17-9-4-10-18-30)34(47-36)28-42-24-29-15-7-3-8-16-29/h3-23,34,36-39H,2,24-28,40H2,1H3/t34-,36-,37-,38-,39+/m1/s1. The van der Waals surface area contributed by atoms with Gasteiger partial charge in [-0.2, -0.15) is 0 Å². The van der Waals surface area contributed by atoms with Crippen LogP contribution in [-0.2, 0) is 59.6 Å². The first-order chi connectivity index (χ1) is 23.1. The first-order valence-electron chi connectivity index (χ1n) is 16.0. The minimum Gasteiger partial charge on any atom is -0.463 e. The highest BCUT2D eigenvalue weighted by atomic mass is 16.6. The number of ether oxygens (including phenoxy) is 6. The molecule has 0 saturated carbocycles. The molecule has 0 spiro atoms. The van der Waals surface area contributed by atoms with Crippen LogP contribution in [0.1, 0.15) is 29.2 Å². The van der Waals surface area contributed by atoms with E-state index in [9.17, 15) is 4.79 Å². The van der Waals surface area contributed by atoms with Crippen molar-refractivity contribution in [2.45, 2.75) is 63.9 Å². The molecule has 0 amide bonds. The zero-order valence-corrected chi connectivity index (χ0v) is 26.7. The molecule has 47 heavy (non-hydrogen) atoms. The molecule has 5 atom stereocenters. The van der Waals surface area contributed by atoms with Crippen molar-refractivity contribution < 1.29 is 33.2 Å². The molecule has 1 saturated heterocycles. The molecule has 0 aliphatic carbocycles. The van der Waals surface area contributed by atoms with Crippen LogP contribution in [0.4, 0.5) is 0 Å². The van der Waals surface area contributed by atoms with E-state index in [-0.39, 0.29) is 25.5 Å². The van der Waals surface area contributed by atoms with Gasteiger partial charge in [0.05, 0.1) is 39.6 Å². The predicted octanol–water partition coefficient (Wildman–Crippen LogP) is 6.13. The maximum atomic E-state index is 12.6. The molecule has 0 radical (unpaired) electrons. The van der Waals surface area contributed by atoms with Crippen LogP contribution in [0.5, 0.6) is 0 Å². The number of rotatable bonds is 16. The van der Waals surface area contributed by atoms with Gasteiger partial charge in [-0.1, -0.05) is 121 Å². The van der Waals surface area contributed by atoms with Crippen LogP contribution >= 0.6 is 0 Å². The maximum Gasteiger partial charge on any atom is 0.332 e. The minimum atomic E-state index is -0.856. The number of carbonyl (C=O) groups is 1. The summed E-state index contributed by atoms with van der Waals surface area (Å²) in [4.78, 5) is 12.6. The molecule has 8 nitrogen and oxygen atoms in total. The average Bonchev–Trinajstić information content (AvgIpc) is 3.11.